The summed E-state index contributed by atoms with van der Waals surface area (Å²) >= 11 is 4.03. The number of halogens is 2. The summed E-state index contributed by atoms with van der Waals surface area (Å²) in [6, 6.07) is 1.74. The minimum absolute atomic E-state index is 0.0417. The Bertz CT molecular complexity index is 1130. The summed E-state index contributed by atoms with van der Waals surface area (Å²) < 4.78 is 41.3. The number of rotatable bonds is 6. The third kappa shape index (κ3) is 4.55. The number of fused-ring (bicyclic) bond motifs is 1. The summed E-state index contributed by atoms with van der Waals surface area (Å²) in [6.45, 7) is 5.07. The molecule has 1 saturated heterocycles. The predicted octanol–water partition coefficient (Wildman–Crippen LogP) is 2.88. The number of ether oxygens (including phenoxy) is 1. The van der Waals surface area contributed by atoms with Crippen LogP contribution in [0, 0.1) is 5.82 Å². The molecular weight excluding hydrogens is 447 g/mol. The molecule has 0 saturated carbocycles. The van der Waals surface area contributed by atoms with Crippen molar-refractivity contribution in [2.24, 2.45) is 0 Å². The quantitative estimate of drug-likeness (QED) is 0.473. The highest BCUT2D eigenvalue weighted by atomic mass is 35.5. The average molecular weight is 469 g/mol. The average Bonchev–Trinajstić information content (AvgIpc) is 3.16. The predicted molar refractivity (Wildman–Crippen MR) is 117 cm³/mol. The van der Waals surface area contributed by atoms with Crippen LogP contribution in [0.25, 0.3) is 22.4 Å². The van der Waals surface area contributed by atoms with Gasteiger partial charge in [0.15, 0.2) is 28.5 Å². The number of aromatic nitrogens is 4. The Hall–Kier alpha value is -2.18. The second-order valence-corrected chi connectivity index (χ2v) is 9.59. The first kappa shape index (κ1) is 22.0. The van der Waals surface area contributed by atoms with E-state index in [2.05, 4.69) is 25.3 Å². The van der Waals surface area contributed by atoms with Crippen LogP contribution in [0.5, 0.6) is 0 Å². The van der Waals surface area contributed by atoms with Crippen molar-refractivity contribution in [2.45, 2.75) is 24.8 Å². The number of hydrogen-bond acceptors (Lipinski definition) is 7. The molecule has 0 bridgehead atoms. The van der Waals surface area contributed by atoms with Crippen LogP contribution in [0.15, 0.2) is 24.7 Å². The molecule has 2 atom stereocenters. The Morgan fingerprint density at radius 2 is 2.26 bits per heavy atom. The van der Waals surface area contributed by atoms with Crippen molar-refractivity contribution in [1.29, 1.82) is 0 Å². The molecular formula is C19H22ClFN6O3S. The maximum Gasteiger partial charge on any atom is 0.183 e. The van der Waals surface area contributed by atoms with Crippen molar-refractivity contribution in [3.8, 4) is 11.4 Å². The van der Waals surface area contributed by atoms with Gasteiger partial charge in [0, 0.05) is 43.0 Å². The van der Waals surface area contributed by atoms with E-state index in [4.69, 9.17) is 16.3 Å². The van der Waals surface area contributed by atoms with Gasteiger partial charge in [-0.15, -0.1) is 0 Å². The smallest absolute Gasteiger partial charge is 0.183 e. The second kappa shape index (κ2) is 8.75. The van der Waals surface area contributed by atoms with Gasteiger partial charge < -0.3 is 19.6 Å². The van der Waals surface area contributed by atoms with E-state index < -0.39 is 21.8 Å². The third-order valence-electron chi connectivity index (χ3n) is 5.31. The molecule has 9 nitrogen and oxygen atoms in total. The monoisotopic (exact) mass is 468 g/mol. The molecule has 2 unspecified atom stereocenters. The molecule has 166 valence electrons. The summed E-state index contributed by atoms with van der Waals surface area (Å²) in [5, 5.41) is 4.18. The minimum Gasteiger partial charge on any atom is -0.374 e. The van der Waals surface area contributed by atoms with Crippen LogP contribution in [0.2, 0.25) is 5.02 Å². The fourth-order valence-electron chi connectivity index (χ4n) is 3.44. The van der Waals surface area contributed by atoms with Crippen molar-refractivity contribution in [3.63, 3.8) is 0 Å². The molecule has 12 heteroatoms. The summed E-state index contributed by atoms with van der Waals surface area (Å²) in [4.78, 5) is 16.7. The van der Waals surface area contributed by atoms with Crippen LogP contribution in [0.3, 0.4) is 0 Å². The number of nitrogens with zero attached hydrogens (tertiary/aromatic N) is 4. The maximum atomic E-state index is 14.4. The lowest BCUT2D eigenvalue weighted by molar-refractivity contribution is -0.0392. The second-order valence-electron chi connectivity index (χ2n) is 7.66. The first-order chi connectivity index (χ1) is 14.8. The van der Waals surface area contributed by atoms with Gasteiger partial charge >= 0.3 is 0 Å². The summed E-state index contributed by atoms with van der Waals surface area (Å²) in [5.41, 5.74) is 1.28. The maximum absolute atomic E-state index is 14.4. The standard InChI is InChI=1S/C19H22ClFN6O3S/c1-19(2,31(28)29)27-3-4-30-12(10-27)7-23-18-15(21)9-25-17(26-18)14-8-24-16-13(14)5-11(20)6-22-16/h5-6,8-9,12H,3-4,7,10H2,1-2H3,(H,22,24)(H,28,29)(H,23,25,26). The van der Waals surface area contributed by atoms with Gasteiger partial charge in [0.25, 0.3) is 0 Å². The molecule has 0 aromatic carbocycles. The highest BCUT2D eigenvalue weighted by molar-refractivity contribution is 7.80. The molecule has 0 amide bonds. The number of morpholine rings is 1. The molecule has 0 aliphatic carbocycles. The highest BCUT2D eigenvalue weighted by Gasteiger charge is 2.36. The highest BCUT2D eigenvalue weighted by Crippen LogP contribution is 2.28. The van der Waals surface area contributed by atoms with Crippen LogP contribution in [-0.4, -0.2) is 70.8 Å². The molecule has 4 rings (SSSR count). The number of pyridine rings is 1. The van der Waals surface area contributed by atoms with Crippen molar-refractivity contribution < 1.29 is 17.9 Å². The molecule has 31 heavy (non-hydrogen) atoms. The van der Waals surface area contributed by atoms with E-state index >= 15 is 0 Å². The normalized spacial score (nSPS) is 18.9. The van der Waals surface area contributed by atoms with Gasteiger partial charge in [-0.05, 0) is 19.9 Å². The van der Waals surface area contributed by atoms with Gasteiger partial charge in [-0.2, -0.15) is 0 Å². The van der Waals surface area contributed by atoms with E-state index in [0.717, 1.165) is 11.6 Å². The molecule has 1 fully saturated rings. The molecule has 1 aliphatic heterocycles. The number of nitrogens with one attached hydrogen (secondary N) is 2. The fraction of sp³-hybridized carbons (Fsp3) is 0.421. The summed E-state index contributed by atoms with van der Waals surface area (Å²) in [5.74, 6) is -0.230. The van der Waals surface area contributed by atoms with Crippen LogP contribution >= 0.6 is 11.6 Å². The number of anilines is 1. The van der Waals surface area contributed by atoms with Crippen LogP contribution < -0.4 is 5.32 Å². The number of aromatic amines is 1. The van der Waals surface area contributed by atoms with E-state index in [0.29, 0.717) is 41.8 Å². The number of hydrogen-bond donors (Lipinski definition) is 3. The zero-order valence-corrected chi connectivity index (χ0v) is 18.5. The Morgan fingerprint density at radius 1 is 1.45 bits per heavy atom. The lowest BCUT2D eigenvalue weighted by Gasteiger charge is -2.41. The molecule has 1 aliphatic rings. The van der Waals surface area contributed by atoms with Gasteiger partial charge in [0.1, 0.15) is 10.5 Å². The van der Waals surface area contributed by atoms with Crippen LogP contribution in [-0.2, 0) is 15.8 Å². The van der Waals surface area contributed by atoms with Gasteiger partial charge in [0.2, 0.25) is 0 Å². The van der Waals surface area contributed by atoms with Crippen molar-refractivity contribution in [2.75, 3.05) is 31.6 Å². The lowest BCUT2D eigenvalue weighted by Crippen LogP contribution is -2.55. The van der Waals surface area contributed by atoms with Gasteiger partial charge in [-0.1, -0.05) is 11.6 Å². The number of H-pyrrole nitrogens is 1. The topological polar surface area (TPSA) is 116 Å². The van der Waals surface area contributed by atoms with Gasteiger partial charge in [0.05, 0.1) is 23.9 Å². The molecule has 0 spiro atoms. The first-order valence-corrected chi connectivity index (χ1v) is 11.1. The zero-order valence-electron chi connectivity index (χ0n) is 16.9. The SMILES string of the molecule is CC(C)(N1CCOC(CNc2nc(-c3c[nH]c4ncc(Cl)cc34)ncc2F)C1)S(=O)O. The summed E-state index contributed by atoms with van der Waals surface area (Å²) in [7, 11) is 0. The largest absolute Gasteiger partial charge is 0.374 e. The first-order valence-electron chi connectivity index (χ1n) is 9.62. The van der Waals surface area contributed by atoms with E-state index in [1.165, 1.54) is 6.20 Å². The summed E-state index contributed by atoms with van der Waals surface area (Å²) in [6.07, 6.45) is 4.03. The molecule has 0 radical (unpaired) electrons. The molecule has 3 N–H and O–H groups in total. The van der Waals surface area contributed by atoms with Crippen molar-refractivity contribution >= 4 is 39.5 Å². The van der Waals surface area contributed by atoms with Crippen LogP contribution in [0.1, 0.15) is 13.8 Å². The Balaban J connectivity index is 1.50. The van der Waals surface area contributed by atoms with E-state index in [1.54, 1.807) is 26.1 Å². The van der Waals surface area contributed by atoms with Crippen molar-refractivity contribution in [1.82, 2.24) is 24.8 Å². The van der Waals surface area contributed by atoms with Crippen molar-refractivity contribution in [3.05, 3.63) is 35.5 Å². The molecule has 3 aromatic rings. The Kier molecular flexibility index (Phi) is 6.22. The lowest BCUT2D eigenvalue weighted by atomic mass is 10.2. The molecule has 3 aromatic heterocycles. The van der Waals surface area contributed by atoms with Gasteiger partial charge in [-0.25, -0.2) is 23.6 Å². The van der Waals surface area contributed by atoms with Crippen LogP contribution in [0.4, 0.5) is 10.2 Å². The fourth-order valence-corrected chi connectivity index (χ4v) is 3.98. The zero-order chi connectivity index (χ0) is 22.2. The van der Waals surface area contributed by atoms with E-state index in [1.807, 2.05) is 4.90 Å². The third-order valence-corrected chi connectivity index (χ3v) is 6.63. The van der Waals surface area contributed by atoms with E-state index in [9.17, 15) is 13.2 Å². The molecule has 4 heterocycles. The Labute approximate surface area is 185 Å². The van der Waals surface area contributed by atoms with Gasteiger partial charge in [-0.3, -0.25) is 4.90 Å². The minimum atomic E-state index is -2.01. The Morgan fingerprint density at radius 3 is 3.03 bits per heavy atom. The van der Waals surface area contributed by atoms with E-state index in [-0.39, 0.29) is 18.5 Å².